The molecule has 0 atom stereocenters. The van der Waals surface area contributed by atoms with Crippen LogP contribution in [0.3, 0.4) is 0 Å². The molecule has 1 saturated heterocycles. The first kappa shape index (κ1) is 19.2. The molecule has 4 rings (SSSR count). The molecule has 0 saturated carbocycles. The molecule has 0 unspecified atom stereocenters. The molecule has 2 amide bonds. The molecule has 150 valence electrons. The van der Waals surface area contributed by atoms with Gasteiger partial charge in [0.05, 0.1) is 18.3 Å². The van der Waals surface area contributed by atoms with Gasteiger partial charge in [0.25, 0.3) is 0 Å². The van der Waals surface area contributed by atoms with E-state index in [1.54, 1.807) is 13.3 Å². The Bertz CT molecular complexity index is 978. The summed E-state index contributed by atoms with van der Waals surface area (Å²) in [7, 11) is 1.69. The summed E-state index contributed by atoms with van der Waals surface area (Å²) < 4.78 is 5.29. The van der Waals surface area contributed by atoms with Crippen molar-refractivity contribution in [3.05, 3.63) is 66.4 Å². The number of hydrogen-bond donors (Lipinski definition) is 1. The van der Waals surface area contributed by atoms with Crippen molar-refractivity contribution in [2.24, 2.45) is 0 Å². The summed E-state index contributed by atoms with van der Waals surface area (Å²) >= 11 is 0. The predicted octanol–water partition coefficient (Wildman–Crippen LogP) is 3.64. The minimum atomic E-state index is -0.0596. The lowest BCUT2D eigenvalue weighted by molar-refractivity contribution is 0.148. The number of hydrogen-bond acceptors (Lipinski definition) is 4. The normalized spacial score (nSPS) is 14.7. The second-order valence-electron chi connectivity index (χ2n) is 7.24. The molecular weight excluding hydrogens is 364 g/mol. The van der Waals surface area contributed by atoms with E-state index in [0.717, 1.165) is 61.5 Å². The van der Waals surface area contributed by atoms with Crippen LogP contribution in [-0.4, -0.2) is 60.6 Å². The highest BCUT2D eigenvalue weighted by Crippen LogP contribution is 2.21. The fourth-order valence-electron chi connectivity index (χ4n) is 3.69. The van der Waals surface area contributed by atoms with Gasteiger partial charge in [-0.1, -0.05) is 30.3 Å². The topological polar surface area (TPSA) is 57.7 Å². The van der Waals surface area contributed by atoms with Crippen molar-refractivity contribution >= 4 is 22.6 Å². The molecule has 1 aliphatic rings. The summed E-state index contributed by atoms with van der Waals surface area (Å²) in [6.45, 7) is 4.19. The van der Waals surface area contributed by atoms with Gasteiger partial charge in [-0.15, -0.1) is 0 Å². The van der Waals surface area contributed by atoms with Crippen molar-refractivity contribution in [2.45, 2.75) is 6.42 Å². The number of fused-ring (bicyclic) bond motifs is 1. The van der Waals surface area contributed by atoms with Crippen molar-refractivity contribution in [2.75, 3.05) is 45.2 Å². The van der Waals surface area contributed by atoms with Gasteiger partial charge >= 0.3 is 6.03 Å². The third kappa shape index (κ3) is 4.66. The minimum Gasteiger partial charge on any atom is -0.497 e. The third-order valence-electron chi connectivity index (χ3n) is 5.38. The van der Waals surface area contributed by atoms with Crippen LogP contribution in [0.1, 0.15) is 5.56 Å². The van der Waals surface area contributed by atoms with Crippen LogP contribution in [0.25, 0.3) is 10.9 Å². The fraction of sp³-hybridized carbons (Fsp3) is 0.304. The van der Waals surface area contributed by atoms with Gasteiger partial charge in [-0.2, -0.15) is 0 Å². The van der Waals surface area contributed by atoms with Gasteiger partial charge in [0.1, 0.15) is 5.75 Å². The summed E-state index contributed by atoms with van der Waals surface area (Å²) in [5.41, 5.74) is 2.85. The Balaban J connectivity index is 1.29. The van der Waals surface area contributed by atoms with Crippen LogP contribution in [0, 0.1) is 0 Å². The number of methoxy groups -OCH3 is 1. The summed E-state index contributed by atoms with van der Waals surface area (Å²) in [5.74, 6) is 0.895. The van der Waals surface area contributed by atoms with Crippen molar-refractivity contribution in [1.29, 1.82) is 0 Å². The van der Waals surface area contributed by atoms with Gasteiger partial charge in [0.15, 0.2) is 0 Å². The predicted molar refractivity (Wildman–Crippen MR) is 115 cm³/mol. The third-order valence-corrected chi connectivity index (χ3v) is 5.38. The standard InChI is InChI=1S/C23H26N4O2/c1-29-20-8-2-5-18(17-20)10-12-26-13-15-27(16-14-26)23(28)25-21-9-3-6-19-7-4-11-24-22(19)21/h2-9,11,17H,10,12-16H2,1H3,(H,25,28). The van der Waals surface area contributed by atoms with Crippen molar-refractivity contribution < 1.29 is 9.53 Å². The maximum Gasteiger partial charge on any atom is 0.321 e. The number of rotatable bonds is 5. The van der Waals surface area contributed by atoms with Gasteiger partial charge in [-0.25, -0.2) is 4.79 Å². The number of anilines is 1. The van der Waals surface area contributed by atoms with Crippen LogP contribution >= 0.6 is 0 Å². The lowest BCUT2D eigenvalue weighted by atomic mass is 10.1. The lowest BCUT2D eigenvalue weighted by Crippen LogP contribution is -2.50. The first-order valence-corrected chi connectivity index (χ1v) is 9.98. The second-order valence-corrected chi connectivity index (χ2v) is 7.24. The second kappa shape index (κ2) is 8.92. The van der Waals surface area contributed by atoms with E-state index >= 15 is 0 Å². The zero-order valence-corrected chi connectivity index (χ0v) is 16.7. The number of carbonyl (C=O) groups excluding carboxylic acids is 1. The number of nitrogens with zero attached hydrogens (tertiary/aromatic N) is 3. The monoisotopic (exact) mass is 390 g/mol. The molecule has 1 aliphatic heterocycles. The summed E-state index contributed by atoms with van der Waals surface area (Å²) in [5, 5.41) is 4.05. The van der Waals surface area contributed by atoms with E-state index in [0.29, 0.717) is 0 Å². The van der Waals surface area contributed by atoms with Gasteiger partial charge in [-0.05, 0) is 36.2 Å². The molecule has 3 aromatic rings. The smallest absolute Gasteiger partial charge is 0.321 e. The largest absolute Gasteiger partial charge is 0.497 e. The van der Waals surface area contributed by atoms with E-state index in [1.165, 1.54) is 5.56 Å². The maximum atomic E-state index is 12.7. The highest BCUT2D eigenvalue weighted by atomic mass is 16.5. The molecule has 1 aromatic heterocycles. The zero-order chi connectivity index (χ0) is 20.1. The molecule has 6 nitrogen and oxygen atoms in total. The molecule has 1 fully saturated rings. The van der Waals surface area contributed by atoms with Crippen LogP contribution in [-0.2, 0) is 6.42 Å². The van der Waals surface area contributed by atoms with Crippen molar-refractivity contribution in [3.63, 3.8) is 0 Å². The average molecular weight is 390 g/mol. The number of nitrogens with one attached hydrogen (secondary N) is 1. The van der Waals surface area contributed by atoms with E-state index in [1.807, 2.05) is 47.4 Å². The van der Waals surface area contributed by atoms with Crippen LogP contribution in [0.4, 0.5) is 10.5 Å². The molecule has 29 heavy (non-hydrogen) atoms. The first-order chi connectivity index (χ1) is 14.2. The van der Waals surface area contributed by atoms with Gasteiger partial charge in [0, 0.05) is 44.3 Å². The lowest BCUT2D eigenvalue weighted by Gasteiger charge is -2.34. The summed E-state index contributed by atoms with van der Waals surface area (Å²) in [4.78, 5) is 21.4. The molecule has 2 heterocycles. The highest BCUT2D eigenvalue weighted by molar-refractivity contribution is 5.99. The number of carbonyl (C=O) groups is 1. The molecule has 2 aromatic carbocycles. The Morgan fingerprint density at radius 2 is 1.86 bits per heavy atom. The summed E-state index contributed by atoms with van der Waals surface area (Å²) in [6.07, 6.45) is 2.73. The Hall–Kier alpha value is -3.12. The number of ether oxygens (including phenoxy) is 1. The van der Waals surface area contributed by atoms with Crippen LogP contribution < -0.4 is 10.1 Å². The van der Waals surface area contributed by atoms with E-state index in [9.17, 15) is 4.79 Å². The highest BCUT2D eigenvalue weighted by Gasteiger charge is 2.21. The number of benzene rings is 2. The molecule has 0 aliphatic carbocycles. The average Bonchev–Trinajstić information content (AvgIpc) is 2.78. The molecule has 0 bridgehead atoms. The fourth-order valence-corrected chi connectivity index (χ4v) is 3.69. The molecule has 0 spiro atoms. The van der Waals surface area contributed by atoms with Gasteiger partial charge < -0.3 is 15.0 Å². The Morgan fingerprint density at radius 3 is 2.69 bits per heavy atom. The number of para-hydroxylation sites is 1. The Labute approximate surface area is 171 Å². The summed E-state index contributed by atoms with van der Waals surface area (Å²) in [6, 6.07) is 17.9. The van der Waals surface area contributed by atoms with Crippen LogP contribution in [0.15, 0.2) is 60.8 Å². The van der Waals surface area contributed by atoms with E-state index in [2.05, 4.69) is 27.3 Å². The van der Waals surface area contributed by atoms with E-state index < -0.39 is 0 Å². The number of amides is 2. The van der Waals surface area contributed by atoms with Crippen molar-refractivity contribution in [3.8, 4) is 5.75 Å². The Kier molecular flexibility index (Phi) is 5.91. The molecule has 6 heteroatoms. The SMILES string of the molecule is COc1cccc(CCN2CCN(C(=O)Nc3cccc4cccnc34)CC2)c1. The quantitative estimate of drug-likeness (QED) is 0.723. The number of piperazine rings is 1. The number of pyridine rings is 1. The van der Waals surface area contributed by atoms with E-state index in [4.69, 9.17) is 4.74 Å². The van der Waals surface area contributed by atoms with E-state index in [-0.39, 0.29) is 6.03 Å². The molecule has 1 N–H and O–H groups in total. The van der Waals surface area contributed by atoms with Crippen LogP contribution in [0.2, 0.25) is 0 Å². The van der Waals surface area contributed by atoms with Gasteiger partial charge in [0.2, 0.25) is 0 Å². The minimum absolute atomic E-state index is 0.0596. The zero-order valence-electron chi connectivity index (χ0n) is 16.7. The number of aromatic nitrogens is 1. The molecule has 0 radical (unpaired) electrons. The Morgan fingerprint density at radius 1 is 1.07 bits per heavy atom. The van der Waals surface area contributed by atoms with Crippen molar-refractivity contribution in [1.82, 2.24) is 14.8 Å². The number of urea groups is 1. The van der Waals surface area contributed by atoms with Crippen LogP contribution in [0.5, 0.6) is 5.75 Å². The first-order valence-electron chi connectivity index (χ1n) is 9.98. The van der Waals surface area contributed by atoms with Gasteiger partial charge in [-0.3, -0.25) is 9.88 Å². The molecular formula is C23H26N4O2. The maximum absolute atomic E-state index is 12.7.